The fourth-order valence-corrected chi connectivity index (χ4v) is 3.98. The molecular weight excluding hydrogens is 342 g/mol. The first-order chi connectivity index (χ1) is 11.6. The number of carbonyl (C=O) groups excluding carboxylic acids is 2. The molecule has 2 amide bonds. The molecule has 2 unspecified atom stereocenters. The zero-order valence-electron chi connectivity index (χ0n) is 14.2. The maximum atomic E-state index is 12.3. The molecule has 1 aromatic heterocycles. The lowest BCUT2D eigenvalue weighted by Crippen LogP contribution is -2.39. The quantitative estimate of drug-likeness (QED) is 0.710. The standard InChI is InChI=1S/C17H25N5O2.ClH/c23-16(7-11-5-13-3-4-14(6-11)19-13)21-15-8-18-22(9-15)10-17(24)20-12-1-2-12;/h8-9,11-14,19H,1-7,10H2,(H,20,24)(H,21,23);1H. The van der Waals surface area contributed by atoms with Crippen molar-refractivity contribution in [2.45, 2.75) is 69.6 Å². The normalized spacial score (nSPS) is 27.4. The summed E-state index contributed by atoms with van der Waals surface area (Å²) in [5.74, 6) is 0.495. The van der Waals surface area contributed by atoms with Crippen molar-refractivity contribution >= 4 is 29.9 Å². The minimum absolute atomic E-state index is 0. The third kappa shape index (κ3) is 4.95. The second kappa shape index (κ2) is 7.74. The molecule has 1 aromatic rings. The number of nitrogens with one attached hydrogen (secondary N) is 3. The van der Waals surface area contributed by atoms with Crippen LogP contribution in [-0.2, 0) is 16.1 Å². The summed E-state index contributed by atoms with van der Waals surface area (Å²) in [7, 11) is 0. The molecule has 4 rings (SSSR count). The summed E-state index contributed by atoms with van der Waals surface area (Å²) < 4.78 is 1.57. The molecule has 3 heterocycles. The van der Waals surface area contributed by atoms with Crippen LogP contribution in [0.4, 0.5) is 5.69 Å². The SMILES string of the molecule is Cl.O=C(CC1CC2CCC(C1)N2)Nc1cnn(CC(=O)NC2CC2)c1. The van der Waals surface area contributed by atoms with E-state index >= 15 is 0 Å². The molecular formula is C17H26ClN5O2. The number of anilines is 1. The highest BCUT2D eigenvalue weighted by atomic mass is 35.5. The van der Waals surface area contributed by atoms with Gasteiger partial charge in [0.2, 0.25) is 11.8 Å². The summed E-state index contributed by atoms with van der Waals surface area (Å²) in [6.07, 6.45) is 10.7. The Hall–Kier alpha value is -1.60. The largest absolute Gasteiger partial charge is 0.352 e. The molecule has 3 aliphatic rings. The molecule has 2 atom stereocenters. The number of rotatable bonds is 6. The van der Waals surface area contributed by atoms with Crippen LogP contribution in [0.15, 0.2) is 12.4 Å². The molecule has 138 valence electrons. The molecule has 8 heteroatoms. The van der Waals surface area contributed by atoms with Crippen LogP contribution in [0, 0.1) is 5.92 Å². The Morgan fingerprint density at radius 3 is 2.56 bits per heavy atom. The second-order valence-corrected chi connectivity index (χ2v) is 7.50. The minimum Gasteiger partial charge on any atom is -0.352 e. The van der Waals surface area contributed by atoms with Crippen molar-refractivity contribution in [2.75, 3.05) is 5.32 Å². The lowest BCUT2D eigenvalue weighted by Gasteiger charge is -2.28. The molecule has 2 aliphatic heterocycles. The lowest BCUT2D eigenvalue weighted by atomic mass is 9.89. The van der Waals surface area contributed by atoms with Gasteiger partial charge in [0.05, 0.1) is 11.9 Å². The van der Waals surface area contributed by atoms with Crippen molar-refractivity contribution in [2.24, 2.45) is 5.92 Å². The smallest absolute Gasteiger partial charge is 0.241 e. The van der Waals surface area contributed by atoms with Crippen LogP contribution in [0.3, 0.4) is 0 Å². The van der Waals surface area contributed by atoms with Crippen LogP contribution in [0.2, 0.25) is 0 Å². The number of hydrogen-bond donors (Lipinski definition) is 3. The Kier molecular flexibility index (Phi) is 5.64. The zero-order chi connectivity index (χ0) is 16.5. The van der Waals surface area contributed by atoms with Crippen LogP contribution >= 0.6 is 12.4 Å². The minimum atomic E-state index is -0.0244. The van der Waals surface area contributed by atoms with Gasteiger partial charge in [-0.25, -0.2) is 0 Å². The van der Waals surface area contributed by atoms with Gasteiger partial charge in [0.25, 0.3) is 0 Å². The van der Waals surface area contributed by atoms with E-state index in [2.05, 4.69) is 21.0 Å². The van der Waals surface area contributed by atoms with E-state index in [9.17, 15) is 9.59 Å². The molecule has 3 fully saturated rings. The molecule has 3 N–H and O–H groups in total. The summed E-state index contributed by atoms with van der Waals surface area (Å²) in [6.45, 7) is 0.198. The van der Waals surface area contributed by atoms with Gasteiger partial charge in [-0.15, -0.1) is 12.4 Å². The maximum Gasteiger partial charge on any atom is 0.241 e. The van der Waals surface area contributed by atoms with Gasteiger partial charge in [0.15, 0.2) is 0 Å². The summed E-state index contributed by atoms with van der Waals surface area (Å²) in [5, 5.41) is 13.6. The van der Waals surface area contributed by atoms with Crippen LogP contribution in [0.5, 0.6) is 0 Å². The van der Waals surface area contributed by atoms with Gasteiger partial charge in [-0.05, 0) is 44.4 Å². The summed E-state index contributed by atoms with van der Waals surface area (Å²) in [6, 6.07) is 1.57. The molecule has 1 aliphatic carbocycles. The first kappa shape index (κ1) is 18.2. The Bertz CT molecular complexity index is 618. The molecule has 2 bridgehead atoms. The third-order valence-corrected chi connectivity index (χ3v) is 5.21. The van der Waals surface area contributed by atoms with Crippen molar-refractivity contribution < 1.29 is 9.59 Å². The van der Waals surface area contributed by atoms with Crippen LogP contribution < -0.4 is 16.0 Å². The first-order valence-corrected chi connectivity index (χ1v) is 9.02. The van der Waals surface area contributed by atoms with E-state index in [0.717, 1.165) is 25.7 Å². The van der Waals surface area contributed by atoms with Crippen molar-refractivity contribution in [3.05, 3.63) is 12.4 Å². The number of nitrogens with zero attached hydrogens (tertiary/aromatic N) is 2. The topological polar surface area (TPSA) is 88.1 Å². The molecule has 25 heavy (non-hydrogen) atoms. The van der Waals surface area contributed by atoms with E-state index in [-0.39, 0.29) is 30.8 Å². The zero-order valence-corrected chi connectivity index (χ0v) is 15.1. The number of aromatic nitrogens is 2. The van der Waals surface area contributed by atoms with Crippen molar-refractivity contribution in [1.82, 2.24) is 20.4 Å². The van der Waals surface area contributed by atoms with E-state index in [1.54, 1.807) is 17.1 Å². The van der Waals surface area contributed by atoms with E-state index in [1.807, 2.05) is 0 Å². The van der Waals surface area contributed by atoms with Gasteiger partial charge in [0, 0.05) is 30.7 Å². The summed E-state index contributed by atoms with van der Waals surface area (Å²) in [5.41, 5.74) is 0.663. The first-order valence-electron chi connectivity index (χ1n) is 9.02. The van der Waals surface area contributed by atoms with E-state index in [0.29, 0.717) is 36.2 Å². The average molecular weight is 368 g/mol. The van der Waals surface area contributed by atoms with Gasteiger partial charge in [-0.3, -0.25) is 14.3 Å². The Labute approximate surface area is 153 Å². The number of piperidine rings is 1. The molecule has 1 saturated carbocycles. The van der Waals surface area contributed by atoms with E-state index in [4.69, 9.17) is 0 Å². The van der Waals surface area contributed by atoms with E-state index in [1.165, 1.54) is 12.8 Å². The monoisotopic (exact) mass is 367 g/mol. The van der Waals surface area contributed by atoms with Gasteiger partial charge in [0.1, 0.15) is 6.54 Å². The number of hydrogen-bond acceptors (Lipinski definition) is 4. The maximum absolute atomic E-state index is 12.3. The molecule has 0 radical (unpaired) electrons. The van der Waals surface area contributed by atoms with Gasteiger partial charge in [-0.1, -0.05) is 0 Å². The number of halogens is 1. The predicted octanol–water partition coefficient (Wildman–Crippen LogP) is 1.44. The summed E-state index contributed by atoms with van der Waals surface area (Å²) >= 11 is 0. The van der Waals surface area contributed by atoms with Gasteiger partial charge in [-0.2, -0.15) is 5.10 Å². The third-order valence-electron chi connectivity index (χ3n) is 5.21. The highest BCUT2D eigenvalue weighted by molar-refractivity contribution is 5.90. The highest BCUT2D eigenvalue weighted by Gasteiger charge is 2.34. The Morgan fingerprint density at radius 2 is 1.88 bits per heavy atom. The fourth-order valence-electron chi connectivity index (χ4n) is 3.98. The van der Waals surface area contributed by atoms with E-state index < -0.39 is 0 Å². The Balaban J connectivity index is 0.00000182. The highest BCUT2D eigenvalue weighted by Crippen LogP contribution is 2.32. The van der Waals surface area contributed by atoms with Crippen LogP contribution in [0.25, 0.3) is 0 Å². The van der Waals surface area contributed by atoms with Crippen LogP contribution in [-0.4, -0.2) is 39.7 Å². The molecule has 7 nitrogen and oxygen atoms in total. The molecule has 0 spiro atoms. The Morgan fingerprint density at radius 1 is 1.16 bits per heavy atom. The number of carbonyl (C=O) groups is 2. The van der Waals surface area contributed by atoms with Gasteiger partial charge < -0.3 is 16.0 Å². The molecule has 2 saturated heterocycles. The number of fused-ring (bicyclic) bond motifs is 2. The van der Waals surface area contributed by atoms with Crippen molar-refractivity contribution in [3.63, 3.8) is 0 Å². The number of amides is 2. The summed E-state index contributed by atoms with van der Waals surface area (Å²) in [4.78, 5) is 24.0. The molecule has 0 aromatic carbocycles. The fraction of sp³-hybridized carbons (Fsp3) is 0.706. The second-order valence-electron chi connectivity index (χ2n) is 7.50. The predicted molar refractivity (Wildman–Crippen MR) is 96.6 cm³/mol. The lowest BCUT2D eigenvalue weighted by molar-refractivity contribution is -0.122. The van der Waals surface area contributed by atoms with Crippen molar-refractivity contribution in [1.29, 1.82) is 0 Å². The van der Waals surface area contributed by atoms with Crippen LogP contribution in [0.1, 0.15) is 44.9 Å². The van der Waals surface area contributed by atoms with Crippen molar-refractivity contribution in [3.8, 4) is 0 Å². The average Bonchev–Trinajstić information content (AvgIpc) is 3.13. The van der Waals surface area contributed by atoms with Gasteiger partial charge >= 0.3 is 0 Å².